The van der Waals surface area contributed by atoms with Crippen molar-refractivity contribution < 1.29 is 4.79 Å². The van der Waals surface area contributed by atoms with Gasteiger partial charge in [-0.2, -0.15) is 0 Å². The van der Waals surface area contributed by atoms with Crippen LogP contribution in [0.1, 0.15) is 43.1 Å². The number of piperidine rings is 1. The van der Waals surface area contributed by atoms with Gasteiger partial charge in [-0.1, -0.05) is 18.2 Å². The third kappa shape index (κ3) is 3.15. The van der Waals surface area contributed by atoms with Gasteiger partial charge >= 0.3 is 0 Å². The van der Waals surface area contributed by atoms with E-state index in [0.717, 1.165) is 55.4 Å². The topological polar surface area (TPSA) is 48.1 Å². The number of nitrogens with zero attached hydrogens (tertiary/aromatic N) is 1. The van der Waals surface area contributed by atoms with Crippen LogP contribution in [0.5, 0.6) is 0 Å². The van der Waals surface area contributed by atoms with E-state index in [-0.39, 0.29) is 11.4 Å². The first-order valence-electron chi connectivity index (χ1n) is 8.98. The van der Waals surface area contributed by atoms with Crippen LogP contribution in [0.2, 0.25) is 5.02 Å². The molecule has 4 rings (SSSR count). The maximum Gasteiger partial charge on any atom is 0.268 e. The van der Waals surface area contributed by atoms with E-state index in [1.807, 2.05) is 24.3 Å². The molecule has 0 radical (unpaired) electrons. The summed E-state index contributed by atoms with van der Waals surface area (Å²) in [6.45, 7) is 8.19. The highest BCUT2D eigenvalue weighted by atomic mass is 35.5. The second-order valence-corrected chi connectivity index (χ2v) is 7.96. The SMILES string of the molecule is C=C(C)N1CCC(C2(NC(=O)c3cc4cc(Cl)ccc4[nH]3)CC2)CC1. The van der Waals surface area contributed by atoms with Gasteiger partial charge in [-0.15, -0.1) is 0 Å². The third-order valence-corrected chi connectivity index (χ3v) is 6.03. The van der Waals surface area contributed by atoms with Crippen LogP contribution in [0.25, 0.3) is 10.9 Å². The largest absolute Gasteiger partial charge is 0.375 e. The summed E-state index contributed by atoms with van der Waals surface area (Å²) in [6, 6.07) is 7.51. The summed E-state index contributed by atoms with van der Waals surface area (Å²) < 4.78 is 0. The lowest BCUT2D eigenvalue weighted by Gasteiger charge is -2.38. The maximum atomic E-state index is 12.8. The first-order chi connectivity index (χ1) is 12.0. The Morgan fingerprint density at radius 2 is 2.04 bits per heavy atom. The first-order valence-corrected chi connectivity index (χ1v) is 9.36. The first kappa shape index (κ1) is 16.5. The van der Waals surface area contributed by atoms with Crippen molar-refractivity contribution in [2.24, 2.45) is 5.92 Å². The van der Waals surface area contributed by atoms with Crippen LogP contribution in [0, 0.1) is 5.92 Å². The molecule has 2 aliphatic rings. The zero-order valence-corrected chi connectivity index (χ0v) is 15.3. The quantitative estimate of drug-likeness (QED) is 0.855. The van der Waals surface area contributed by atoms with Crippen LogP contribution in [0.4, 0.5) is 0 Å². The van der Waals surface area contributed by atoms with Crippen LogP contribution in [-0.2, 0) is 0 Å². The van der Waals surface area contributed by atoms with Crippen LogP contribution < -0.4 is 5.32 Å². The standard InChI is InChI=1S/C20H24ClN3O/c1-13(2)24-9-5-15(6-10-24)20(7-8-20)23-19(25)18-12-14-11-16(21)3-4-17(14)22-18/h3-4,11-12,15,22H,1,5-10H2,2H3,(H,23,25). The molecule has 2 aromatic rings. The predicted octanol–water partition coefficient (Wildman–Crippen LogP) is 4.33. The lowest BCUT2D eigenvalue weighted by Crippen LogP contribution is -2.47. The Hall–Kier alpha value is -1.94. The molecule has 1 amide bonds. The van der Waals surface area contributed by atoms with Gasteiger partial charge in [0.05, 0.1) is 0 Å². The molecular formula is C20H24ClN3O. The summed E-state index contributed by atoms with van der Waals surface area (Å²) in [5.74, 6) is 0.554. The molecule has 2 fully saturated rings. The normalized spacial score (nSPS) is 19.8. The molecule has 0 spiro atoms. The molecule has 5 heteroatoms. The molecule has 25 heavy (non-hydrogen) atoms. The highest BCUT2D eigenvalue weighted by molar-refractivity contribution is 6.31. The number of hydrogen-bond donors (Lipinski definition) is 2. The minimum absolute atomic E-state index is 0.00676. The zero-order chi connectivity index (χ0) is 17.6. The number of benzene rings is 1. The Morgan fingerprint density at radius 3 is 2.68 bits per heavy atom. The molecule has 2 heterocycles. The number of hydrogen-bond acceptors (Lipinski definition) is 2. The second-order valence-electron chi connectivity index (χ2n) is 7.52. The molecule has 1 aliphatic carbocycles. The summed E-state index contributed by atoms with van der Waals surface area (Å²) in [5, 5.41) is 4.98. The fraction of sp³-hybridized carbons (Fsp3) is 0.450. The lowest BCUT2D eigenvalue weighted by molar-refractivity contribution is 0.0884. The molecule has 4 nitrogen and oxygen atoms in total. The summed E-state index contributed by atoms with van der Waals surface area (Å²) in [5.41, 5.74) is 2.69. The fourth-order valence-corrected chi connectivity index (χ4v) is 4.28. The summed E-state index contributed by atoms with van der Waals surface area (Å²) in [4.78, 5) is 18.3. The summed E-state index contributed by atoms with van der Waals surface area (Å²) in [7, 11) is 0. The fourth-order valence-electron chi connectivity index (χ4n) is 4.10. The van der Waals surface area contributed by atoms with Crippen LogP contribution in [0.3, 0.4) is 0 Å². The number of allylic oxidation sites excluding steroid dienone is 1. The number of amides is 1. The third-order valence-electron chi connectivity index (χ3n) is 5.79. The molecule has 0 unspecified atom stereocenters. The van der Waals surface area contributed by atoms with Crippen molar-refractivity contribution in [3.8, 4) is 0 Å². The van der Waals surface area contributed by atoms with Crippen LogP contribution in [0.15, 0.2) is 36.5 Å². The Balaban J connectivity index is 1.45. The summed E-state index contributed by atoms with van der Waals surface area (Å²) in [6.07, 6.45) is 4.41. The molecule has 0 atom stereocenters. The molecule has 1 aromatic heterocycles. The van der Waals surface area contributed by atoms with Crippen molar-refractivity contribution in [3.05, 3.63) is 47.3 Å². The van der Waals surface area contributed by atoms with Gasteiger partial charge in [0.1, 0.15) is 5.69 Å². The molecule has 132 valence electrons. The van der Waals surface area contributed by atoms with Crippen molar-refractivity contribution >= 4 is 28.4 Å². The van der Waals surface area contributed by atoms with Gasteiger partial charge in [-0.05, 0) is 62.8 Å². The van der Waals surface area contributed by atoms with E-state index >= 15 is 0 Å². The van der Waals surface area contributed by atoms with Crippen molar-refractivity contribution in [1.82, 2.24) is 15.2 Å². The Morgan fingerprint density at radius 1 is 1.32 bits per heavy atom. The number of rotatable bonds is 4. The smallest absolute Gasteiger partial charge is 0.268 e. The maximum absolute atomic E-state index is 12.8. The number of fused-ring (bicyclic) bond motifs is 1. The second kappa shape index (κ2) is 6.10. The van der Waals surface area contributed by atoms with E-state index in [4.69, 9.17) is 11.6 Å². The predicted molar refractivity (Wildman–Crippen MR) is 102 cm³/mol. The van der Waals surface area contributed by atoms with Gasteiger partial charge in [0, 0.05) is 40.3 Å². The summed E-state index contributed by atoms with van der Waals surface area (Å²) >= 11 is 6.03. The Labute approximate surface area is 153 Å². The lowest BCUT2D eigenvalue weighted by atomic mass is 9.87. The number of H-pyrrole nitrogens is 1. The van der Waals surface area contributed by atoms with Crippen LogP contribution in [-0.4, -0.2) is 34.4 Å². The van der Waals surface area contributed by atoms with E-state index in [9.17, 15) is 4.79 Å². The van der Waals surface area contributed by atoms with Gasteiger partial charge in [-0.3, -0.25) is 4.79 Å². The van der Waals surface area contributed by atoms with Crippen molar-refractivity contribution in [3.63, 3.8) is 0 Å². The molecule has 1 saturated heterocycles. The van der Waals surface area contributed by atoms with Gasteiger partial charge in [0.2, 0.25) is 0 Å². The highest BCUT2D eigenvalue weighted by Gasteiger charge is 2.51. The number of carbonyl (C=O) groups is 1. The van der Waals surface area contributed by atoms with Crippen molar-refractivity contribution in [2.45, 2.75) is 38.1 Å². The van der Waals surface area contributed by atoms with Gasteiger partial charge in [-0.25, -0.2) is 0 Å². The Kier molecular flexibility index (Phi) is 4.03. The molecular weight excluding hydrogens is 334 g/mol. The number of likely N-dealkylation sites (tertiary alicyclic amines) is 1. The van der Waals surface area contributed by atoms with Gasteiger partial charge in [0.25, 0.3) is 5.91 Å². The molecule has 1 aromatic carbocycles. The average Bonchev–Trinajstić information content (AvgIpc) is 3.25. The number of aromatic amines is 1. The van der Waals surface area contributed by atoms with Gasteiger partial charge in [0.15, 0.2) is 0 Å². The number of carbonyl (C=O) groups excluding carboxylic acids is 1. The van der Waals surface area contributed by atoms with E-state index in [1.165, 1.54) is 0 Å². The van der Waals surface area contributed by atoms with E-state index in [1.54, 1.807) is 0 Å². The van der Waals surface area contributed by atoms with Crippen molar-refractivity contribution in [1.29, 1.82) is 0 Å². The number of nitrogens with one attached hydrogen (secondary N) is 2. The Bertz CT molecular complexity index is 829. The van der Waals surface area contributed by atoms with Gasteiger partial charge < -0.3 is 15.2 Å². The molecule has 1 saturated carbocycles. The van der Waals surface area contributed by atoms with E-state index < -0.39 is 0 Å². The minimum Gasteiger partial charge on any atom is -0.375 e. The molecule has 2 N–H and O–H groups in total. The number of aromatic nitrogens is 1. The number of halogens is 1. The monoisotopic (exact) mass is 357 g/mol. The minimum atomic E-state index is -0.00727. The van der Waals surface area contributed by atoms with E-state index in [0.29, 0.717) is 16.6 Å². The van der Waals surface area contributed by atoms with Crippen LogP contribution >= 0.6 is 11.6 Å². The molecule has 0 bridgehead atoms. The van der Waals surface area contributed by atoms with E-state index in [2.05, 4.69) is 28.7 Å². The average molecular weight is 358 g/mol. The highest BCUT2D eigenvalue weighted by Crippen LogP contribution is 2.47. The zero-order valence-electron chi connectivity index (χ0n) is 14.6. The molecule has 1 aliphatic heterocycles. The van der Waals surface area contributed by atoms with Crippen molar-refractivity contribution in [2.75, 3.05) is 13.1 Å².